The van der Waals surface area contributed by atoms with Crippen molar-refractivity contribution in [2.45, 2.75) is 26.5 Å². The van der Waals surface area contributed by atoms with Crippen LogP contribution in [0.1, 0.15) is 25.6 Å². The molecule has 0 atom stereocenters. The van der Waals surface area contributed by atoms with E-state index in [9.17, 15) is 4.39 Å². The Hall–Kier alpha value is -1.91. The highest BCUT2D eigenvalue weighted by molar-refractivity contribution is 5.18. The highest BCUT2D eigenvalue weighted by Crippen LogP contribution is 2.16. The molecule has 0 saturated heterocycles. The molecule has 0 bridgehead atoms. The Morgan fingerprint density at radius 3 is 3.00 bits per heavy atom. The monoisotopic (exact) mass is 235 g/mol. The molecule has 0 fully saturated rings. The number of rotatable bonds is 4. The largest absolute Gasteiger partial charge is 0.483 e. The van der Waals surface area contributed by atoms with Crippen molar-refractivity contribution in [2.75, 3.05) is 0 Å². The molecule has 0 unspecified atom stereocenters. The lowest BCUT2D eigenvalue weighted by Gasteiger charge is -2.12. The SMILES string of the molecule is CC(C)n1cncc1COc1cccnc1F. The fraction of sp³-hybridized carbons (Fsp3) is 0.333. The van der Waals surface area contributed by atoms with Crippen LogP contribution in [0.2, 0.25) is 0 Å². The van der Waals surface area contributed by atoms with Crippen molar-refractivity contribution in [3.05, 3.63) is 42.5 Å². The van der Waals surface area contributed by atoms with Gasteiger partial charge >= 0.3 is 0 Å². The van der Waals surface area contributed by atoms with E-state index >= 15 is 0 Å². The third-order valence-electron chi connectivity index (χ3n) is 2.40. The Bertz CT molecular complexity index is 496. The number of hydrogen-bond acceptors (Lipinski definition) is 3. The molecule has 2 rings (SSSR count). The van der Waals surface area contributed by atoms with E-state index < -0.39 is 5.95 Å². The predicted molar refractivity (Wildman–Crippen MR) is 61.1 cm³/mol. The zero-order chi connectivity index (χ0) is 12.3. The molecule has 2 aromatic rings. The molecule has 0 aromatic carbocycles. The van der Waals surface area contributed by atoms with Gasteiger partial charge in [0.1, 0.15) is 6.61 Å². The zero-order valence-electron chi connectivity index (χ0n) is 9.80. The predicted octanol–water partition coefficient (Wildman–Crippen LogP) is 2.58. The topological polar surface area (TPSA) is 39.9 Å². The van der Waals surface area contributed by atoms with Crippen LogP contribution in [0.3, 0.4) is 0 Å². The molecule has 0 saturated carbocycles. The highest BCUT2D eigenvalue weighted by atomic mass is 19.1. The fourth-order valence-corrected chi connectivity index (χ4v) is 1.54. The van der Waals surface area contributed by atoms with Gasteiger partial charge in [0, 0.05) is 12.2 Å². The molecule has 0 amide bonds. The first-order valence-corrected chi connectivity index (χ1v) is 5.42. The van der Waals surface area contributed by atoms with Gasteiger partial charge in [0.25, 0.3) is 5.95 Å². The number of pyridine rings is 1. The van der Waals surface area contributed by atoms with Crippen LogP contribution in [0.4, 0.5) is 4.39 Å². The van der Waals surface area contributed by atoms with Crippen LogP contribution in [-0.4, -0.2) is 14.5 Å². The van der Waals surface area contributed by atoms with Gasteiger partial charge in [-0.1, -0.05) is 0 Å². The average molecular weight is 235 g/mol. The van der Waals surface area contributed by atoms with Gasteiger partial charge in [-0.25, -0.2) is 9.97 Å². The summed E-state index contributed by atoms with van der Waals surface area (Å²) in [7, 11) is 0. The first kappa shape index (κ1) is 11.6. The summed E-state index contributed by atoms with van der Waals surface area (Å²) in [6.45, 7) is 4.38. The smallest absolute Gasteiger partial charge is 0.255 e. The van der Waals surface area contributed by atoms with Crippen LogP contribution in [0.25, 0.3) is 0 Å². The van der Waals surface area contributed by atoms with Gasteiger partial charge in [0.2, 0.25) is 0 Å². The second-order valence-corrected chi connectivity index (χ2v) is 3.97. The van der Waals surface area contributed by atoms with Crippen molar-refractivity contribution >= 4 is 0 Å². The minimum atomic E-state index is -0.594. The summed E-state index contributed by atoms with van der Waals surface area (Å²) in [5.41, 5.74) is 0.906. The minimum absolute atomic E-state index is 0.156. The molecule has 0 aliphatic carbocycles. The minimum Gasteiger partial charge on any atom is -0.483 e. The fourth-order valence-electron chi connectivity index (χ4n) is 1.54. The Labute approximate surface area is 99.1 Å². The maximum atomic E-state index is 13.2. The number of hydrogen-bond donors (Lipinski definition) is 0. The van der Waals surface area contributed by atoms with E-state index in [2.05, 4.69) is 23.8 Å². The van der Waals surface area contributed by atoms with Gasteiger partial charge in [0.05, 0.1) is 18.2 Å². The van der Waals surface area contributed by atoms with E-state index in [1.165, 1.54) is 6.20 Å². The lowest BCUT2D eigenvalue weighted by molar-refractivity contribution is 0.274. The maximum absolute atomic E-state index is 13.2. The third kappa shape index (κ3) is 2.61. The number of aromatic nitrogens is 3. The van der Waals surface area contributed by atoms with Crippen molar-refractivity contribution < 1.29 is 9.13 Å². The Kier molecular flexibility index (Phi) is 3.37. The van der Waals surface area contributed by atoms with Crippen LogP contribution >= 0.6 is 0 Å². The third-order valence-corrected chi connectivity index (χ3v) is 2.40. The number of ether oxygens (including phenoxy) is 1. The summed E-state index contributed by atoms with van der Waals surface area (Å²) in [5.74, 6) is -0.438. The summed E-state index contributed by atoms with van der Waals surface area (Å²) < 4.78 is 20.6. The molecule has 0 aliphatic heterocycles. The molecule has 17 heavy (non-hydrogen) atoms. The van der Waals surface area contributed by atoms with Crippen molar-refractivity contribution in [1.82, 2.24) is 14.5 Å². The van der Waals surface area contributed by atoms with Crippen molar-refractivity contribution in [3.8, 4) is 5.75 Å². The second kappa shape index (κ2) is 4.95. The van der Waals surface area contributed by atoms with Crippen molar-refractivity contribution in [2.24, 2.45) is 0 Å². The Morgan fingerprint density at radius 1 is 1.47 bits per heavy atom. The van der Waals surface area contributed by atoms with Gasteiger partial charge in [-0.15, -0.1) is 0 Å². The molecule has 2 aromatic heterocycles. The van der Waals surface area contributed by atoms with Gasteiger partial charge in [-0.2, -0.15) is 4.39 Å². The summed E-state index contributed by atoms with van der Waals surface area (Å²) in [6, 6.07) is 3.49. The summed E-state index contributed by atoms with van der Waals surface area (Å²) in [4.78, 5) is 7.57. The van der Waals surface area contributed by atoms with E-state index in [0.717, 1.165) is 5.69 Å². The number of nitrogens with zero attached hydrogens (tertiary/aromatic N) is 3. The summed E-state index contributed by atoms with van der Waals surface area (Å²) in [6.07, 6.45) is 4.85. The molecule has 0 N–H and O–H groups in total. The first-order chi connectivity index (χ1) is 8.18. The quantitative estimate of drug-likeness (QED) is 0.765. The first-order valence-electron chi connectivity index (χ1n) is 5.42. The number of imidazole rings is 1. The second-order valence-electron chi connectivity index (χ2n) is 3.97. The molecule has 2 heterocycles. The van der Waals surface area contributed by atoms with E-state index in [4.69, 9.17) is 4.74 Å². The maximum Gasteiger partial charge on any atom is 0.255 e. The molecule has 0 radical (unpaired) electrons. The highest BCUT2D eigenvalue weighted by Gasteiger charge is 2.08. The summed E-state index contributed by atoms with van der Waals surface area (Å²) >= 11 is 0. The van der Waals surface area contributed by atoms with Crippen LogP contribution in [0, 0.1) is 5.95 Å². The van der Waals surface area contributed by atoms with Crippen LogP contribution in [0.5, 0.6) is 5.75 Å². The Morgan fingerprint density at radius 2 is 2.29 bits per heavy atom. The van der Waals surface area contributed by atoms with Crippen LogP contribution in [0.15, 0.2) is 30.9 Å². The van der Waals surface area contributed by atoms with Crippen molar-refractivity contribution in [1.29, 1.82) is 0 Å². The van der Waals surface area contributed by atoms with Crippen molar-refractivity contribution in [3.63, 3.8) is 0 Å². The molecule has 0 aliphatic rings. The zero-order valence-corrected chi connectivity index (χ0v) is 9.80. The van der Waals surface area contributed by atoms with Gasteiger partial charge in [-0.3, -0.25) is 0 Å². The number of halogens is 1. The van der Waals surface area contributed by atoms with Crippen LogP contribution < -0.4 is 4.74 Å². The molecule has 5 heteroatoms. The standard InChI is InChI=1S/C12H14FN3O/c1-9(2)16-8-14-6-10(16)7-17-11-4-3-5-15-12(11)13/h3-6,8-9H,7H2,1-2H3. The van der Waals surface area contributed by atoms with E-state index in [1.807, 2.05) is 4.57 Å². The lowest BCUT2D eigenvalue weighted by Crippen LogP contribution is -2.07. The van der Waals surface area contributed by atoms with E-state index in [-0.39, 0.29) is 12.4 Å². The van der Waals surface area contributed by atoms with Gasteiger partial charge in [-0.05, 0) is 26.0 Å². The molecule has 0 spiro atoms. The molecule has 4 nitrogen and oxygen atoms in total. The molecular weight excluding hydrogens is 221 g/mol. The summed E-state index contributed by atoms with van der Waals surface area (Å²) in [5, 5.41) is 0. The van der Waals surface area contributed by atoms with Gasteiger partial charge in [0.15, 0.2) is 5.75 Å². The van der Waals surface area contributed by atoms with E-state index in [1.54, 1.807) is 24.7 Å². The van der Waals surface area contributed by atoms with Crippen LogP contribution in [-0.2, 0) is 6.61 Å². The van der Waals surface area contributed by atoms with Gasteiger partial charge < -0.3 is 9.30 Å². The van der Waals surface area contributed by atoms with E-state index in [0.29, 0.717) is 6.04 Å². The Balaban J connectivity index is 2.08. The molecule has 90 valence electrons. The molecular formula is C12H14FN3O. The lowest BCUT2D eigenvalue weighted by atomic mass is 10.3. The average Bonchev–Trinajstić information content (AvgIpc) is 2.76. The normalized spacial score (nSPS) is 10.8.